The van der Waals surface area contributed by atoms with Crippen molar-refractivity contribution in [3.8, 4) is 0 Å². The largest absolute Gasteiger partial charge is 0.363 e. The van der Waals surface area contributed by atoms with E-state index in [2.05, 4.69) is 20.7 Å². The molecule has 0 amide bonds. The van der Waals surface area contributed by atoms with E-state index in [1.807, 2.05) is 6.07 Å². The molecule has 0 aliphatic rings. The first-order chi connectivity index (χ1) is 9.76. The summed E-state index contributed by atoms with van der Waals surface area (Å²) < 4.78 is 14.9. The van der Waals surface area contributed by atoms with E-state index >= 15 is 0 Å². The summed E-state index contributed by atoms with van der Waals surface area (Å²) in [5.41, 5.74) is 4.00. The van der Waals surface area contributed by atoms with Crippen LogP contribution in [0.4, 0.5) is 16.0 Å². The highest BCUT2D eigenvalue weighted by molar-refractivity contribution is 5.65. The Balaban J connectivity index is 1.88. The van der Waals surface area contributed by atoms with Crippen LogP contribution in [-0.2, 0) is 6.54 Å². The number of nitrogens with one attached hydrogen (secondary N) is 2. The van der Waals surface area contributed by atoms with Crippen molar-refractivity contribution in [1.82, 2.24) is 14.4 Å². The molecule has 2 aromatic heterocycles. The first-order valence-electron chi connectivity index (χ1n) is 6.05. The van der Waals surface area contributed by atoms with Crippen LogP contribution >= 0.6 is 0 Å². The Morgan fingerprint density at radius 3 is 3.05 bits per heavy atom. The molecule has 0 saturated carbocycles. The fourth-order valence-electron chi connectivity index (χ4n) is 1.95. The minimum Gasteiger partial charge on any atom is -0.363 e. The minimum absolute atomic E-state index is 0.263. The van der Waals surface area contributed by atoms with Crippen LogP contribution in [0.15, 0.2) is 42.9 Å². The summed E-state index contributed by atoms with van der Waals surface area (Å²) in [7, 11) is 0. The molecule has 0 radical (unpaired) electrons. The maximum absolute atomic E-state index is 13.1. The van der Waals surface area contributed by atoms with E-state index in [1.165, 1.54) is 12.1 Å². The van der Waals surface area contributed by atoms with Gasteiger partial charge in [-0.2, -0.15) is 0 Å². The summed E-state index contributed by atoms with van der Waals surface area (Å²) >= 11 is 0. The Hall–Kier alpha value is -2.67. The third kappa shape index (κ3) is 2.39. The van der Waals surface area contributed by atoms with Crippen molar-refractivity contribution in [2.24, 2.45) is 5.84 Å². The van der Waals surface area contributed by atoms with Gasteiger partial charge in [-0.05, 0) is 17.7 Å². The van der Waals surface area contributed by atoms with Gasteiger partial charge in [0.1, 0.15) is 5.82 Å². The molecule has 3 rings (SSSR count). The zero-order chi connectivity index (χ0) is 13.9. The molecule has 2 heterocycles. The molecule has 0 atom stereocenters. The molecule has 4 N–H and O–H groups in total. The van der Waals surface area contributed by atoms with E-state index in [0.717, 1.165) is 5.56 Å². The molecule has 0 aliphatic carbocycles. The summed E-state index contributed by atoms with van der Waals surface area (Å²) in [6.45, 7) is 0.446. The van der Waals surface area contributed by atoms with Gasteiger partial charge >= 0.3 is 0 Å². The lowest BCUT2D eigenvalue weighted by Crippen LogP contribution is -2.12. The van der Waals surface area contributed by atoms with Crippen LogP contribution < -0.4 is 16.6 Å². The minimum atomic E-state index is -0.263. The van der Waals surface area contributed by atoms with Crippen LogP contribution in [0.3, 0.4) is 0 Å². The molecular formula is C13H13FN6. The van der Waals surface area contributed by atoms with Crippen molar-refractivity contribution < 1.29 is 4.39 Å². The van der Waals surface area contributed by atoms with Gasteiger partial charge in [-0.1, -0.05) is 12.1 Å². The first kappa shape index (κ1) is 12.4. The van der Waals surface area contributed by atoms with Crippen LogP contribution in [0, 0.1) is 5.82 Å². The smallest absolute Gasteiger partial charge is 0.180 e. The topological polar surface area (TPSA) is 80.3 Å². The monoisotopic (exact) mass is 272 g/mol. The number of nitrogens with zero attached hydrogens (tertiary/aromatic N) is 3. The molecular weight excluding hydrogens is 259 g/mol. The Morgan fingerprint density at radius 1 is 1.35 bits per heavy atom. The van der Waals surface area contributed by atoms with Gasteiger partial charge in [-0.3, -0.25) is 0 Å². The first-order valence-corrected chi connectivity index (χ1v) is 6.05. The van der Waals surface area contributed by atoms with Crippen molar-refractivity contribution in [3.05, 3.63) is 54.2 Å². The number of anilines is 2. The number of halogens is 1. The predicted octanol–water partition coefficient (Wildman–Crippen LogP) is 1.77. The van der Waals surface area contributed by atoms with Crippen LogP contribution in [0.5, 0.6) is 0 Å². The molecule has 0 saturated heterocycles. The molecule has 0 bridgehead atoms. The fourth-order valence-corrected chi connectivity index (χ4v) is 1.95. The Bertz CT molecular complexity index is 739. The van der Waals surface area contributed by atoms with Gasteiger partial charge in [0, 0.05) is 18.9 Å². The maximum atomic E-state index is 13.1. The highest BCUT2D eigenvalue weighted by Gasteiger charge is 2.07. The van der Waals surface area contributed by atoms with Crippen LogP contribution in [-0.4, -0.2) is 14.4 Å². The summed E-state index contributed by atoms with van der Waals surface area (Å²) in [4.78, 5) is 8.52. The van der Waals surface area contributed by atoms with Gasteiger partial charge < -0.3 is 15.1 Å². The maximum Gasteiger partial charge on any atom is 0.180 e. The van der Waals surface area contributed by atoms with E-state index in [-0.39, 0.29) is 5.82 Å². The number of imidazole rings is 1. The van der Waals surface area contributed by atoms with Gasteiger partial charge in [0.25, 0.3) is 0 Å². The molecule has 3 aromatic rings. The van der Waals surface area contributed by atoms with E-state index in [4.69, 9.17) is 5.84 Å². The van der Waals surface area contributed by atoms with Crippen molar-refractivity contribution in [1.29, 1.82) is 0 Å². The number of hydrogen-bond donors (Lipinski definition) is 3. The Kier molecular flexibility index (Phi) is 3.18. The molecule has 0 spiro atoms. The number of nitrogen functional groups attached to an aromatic ring is 1. The fraction of sp³-hybridized carbons (Fsp3) is 0.0769. The average molecular weight is 272 g/mol. The molecule has 0 aliphatic heterocycles. The number of aromatic nitrogens is 3. The summed E-state index contributed by atoms with van der Waals surface area (Å²) in [6.07, 6.45) is 5.20. The molecule has 0 fully saturated rings. The van der Waals surface area contributed by atoms with Crippen molar-refractivity contribution in [3.63, 3.8) is 0 Å². The number of fused-ring (bicyclic) bond motifs is 1. The lowest BCUT2D eigenvalue weighted by atomic mass is 10.2. The molecule has 6 nitrogen and oxygen atoms in total. The van der Waals surface area contributed by atoms with Crippen LogP contribution in [0.1, 0.15) is 5.56 Å². The second kappa shape index (κ2) is 5.14. The Morgan fingerprint density at radius 2 is 2.25 bits per heavy atom. The van der Waals surface area contributed by atoms with Crippen molar-refractivity contribution in [2.75, 3.05) is 10.7 Å². The molecule has 102 valence electrons. The molecule has 1 aromatic carbocycles. The van der Waals surface area contributed by atoms with Gasteiger partial charge in [-0.15, -0.1) is 0 Å². The quantitative estimate of drug-likeness (QED) is 0.498. The average Bonchev–Trinajstić information content (AvgIpc) is 2.93. The Labute approximate surface area is 114 Å². The van der Waals surface area contributed by atoms with E-state index in [1.54, 1.807) is 29.1 Å². The zero-order valence-corrected chi connectivity index (χ0v) is 10.5. The van der Waals surface area contributed by atoms with Gasteiger partial charge in [-0.25, -0.2) is 20.2 Å². The summed E-state index contributed by atoms with van der Waals surface area (Å²) in [6, 6.07) is 6.39. The van der Waals surface area contributed by atoms with E-state index < -0.39 is 0 Å². The van der Waals surface area contributed by atoms with Crippen molar-refractivity contribution in [2.45, 2.75) is 6.54 Å². The zero-order valence-electron chi connectivity index (χ0n) is 10.5. The second-order valence-corrected chi connectivity index (χ2v) is 4.26. The summed E-state index contributed by atoms with van der Waals surface area (Å²) in [5, 5.41) is 3.14. The number of nitrogens with two attached hydrogens (primary N) is 1. The van der Waals surface area contributed by atoms with Crippen LogP contribution in [0.25, 0.3) is 5.65 Å². The van der Waals surface area contributed by atoms with Crippen molar-refractivity contribution >= 4 is 17.3 Å². The lowest BCUT2D eigenvalue weighted by molar-refractivity contribution is 0.626. The number of hydrogen-bond acceptors (Lipinski definition) is 5. The third-order valence-electron chi connectivity index (χ3n) is 2.87. The second-order valence-electron chi connectivity index (χ2n) is 4.26. The highest BCUT2D eigenvalue weighted by atomic mass is 19.1. The highest BCUT2D eigenvalue weighted by Crippen LogP contribution is 2.16. The summed E-state index contributed by atoms with van der Waals surface area (Å²) in [5.74, 6) is 6.21. The number of benzene rings is 1. The number of hydrazine groups is 1. The lowest BCUT2D eigenvalue weighted by Gasteiger charge is -2.09. The normalized spacial score (nSPS) is 10.7. The number of rotatable bonds is 4. The molecule has 0 unspecified atom stereocenters. The van der Waals surface area contributed by atoms with E-state index in [9.17, 15) is 4.39 Å². The molecule has 7 heteroatoms. The SMILES string of the molecule is NNc1cn2ccnc2c(NCc2cccc(F)c2)n1. The predicted molar refractivity (Wildman–Crippen MR) is 74.5 cm³/mol. The van der Waals surface area contributed by atoms with E-state index in [0.29, 0.717) is 23.8 Å². The van der Waals surface area contributed by atoms with Crippen LogP contribution in [0.2, 0.25) is 0 Å². The molecule has 20 heavy (non-hydrogen) atoms. The van der Waals surface area contributed by atoms with Gasteiger partial charge in [0.2, 0.25) is 0 Å². The van der Waals surface area contributed by atoms with Gasteiger partial charge in [0.05, 0.1) is 6.20 Å². The third-order valence-corrected chi connectivity index (χ3v) is 2.87. The standard InChI is InChI=1S/C13H13FN6/c14-10-3-1-2-9(6-10)7-17-12-13-16-4-5-20(13)8-11(18-12)19-15/h1-6,8,19H,7,15H2,(H,17,18). The van der Waals surface area contributed by atoms with Gasteiger partial charge in [0.15, 0.2) is 17.3 Å².